The fourth-order valence-electron chi connectivity index (χ4n) is 3.79. The Labute approximate surface area is 130 Å². The van der Waals surface area contributed by atoms with Crippen molar-refractivity contribution in [2.75, 3.05) is 0 Å². The molecule has 1 spiro atoms. The molecule has 0 N–H and O–H groups in total. The monoisotopic (exact) mass is 299 g/mol. The van der Waals surface area contributed by atoms with Gasteiger partial charge in [-0.25, -0.2) is 0 Å². The maximum Gasteiger partial charge on any atom is 0.126 e. The molecule has 2 nitrogen and oxygen atoms in total. The second-order valence-corrected chi connectivity index (χ2v) is 6.48. The van der Waals surface area contributed by atoms with E-state index < -0.39 is 0 Å². The molecule has 3 heteroatoms. The van der Waals surface area contributed by atoms with Gasteiger partial charge in [0.1, 0.15) is 6.10 Å². The summed E-state index contributed by atoms with van der Waals surface area (Å²) in [6, 6.07) is 12.3. The van der Waals surface area contributed by atoms with E-state index in [4.69, 9.17) is 16.3 Å². The predicted molar refractivity (Wildman–Crippen MR) is 83.4 cm³/mol. The van der Waals surface area contributed by atoms with Gasteiger partial charge in [0, 0.05) is 11.2 Å². The van der Waals surface area contributed by atoms with Crippen LogP contribution in [-0.2, 0) is 10.3 Å². The second kappa shape index (κ2) is 5.11. The summed E-state index contributed by atoms with van der Waals surface area (Å²) in [6.45, 7) is 0. The molecule has 1 unspecified atom stereocenters. The molecule has 21 heavy (non-hydrogen) atoms. The topological polar surface area (TPSA) is 22.1 Å². The third-order valence-electron chi connectivity index (χ3n) is 4.75. The van der Waals surface area contributed by atoms with Crippen molar-refractivity contribution in [1.29, 1.82) is 0 Å². The van der Waals surface area contributed by atoms with E-state index in [2.05, 4.69) is 29.2 Å². The molecule has 0 amide bonds. The van der Waals surface area contributed by atoms with Gasteiger partial charge in [-0.05, 0) is 36.1 Å². The van der Waals surface area contributed by atoms with E-state index in [0.29, 0.717) is 5.02 Å². The standard InChI is InChI=1S/C18H18ClNO/c19-13-8-11-20-16(12-13)17-14-6-2-3-7-15(14)18(21-17)9-4-1-5-10-18/h2-3,6-8,11-12,17H,1,4-5,9-10H2. The third kappa shape index (κ3) is 2.18. The molecule has 4 rings (SSSR count). The maximum absolute atomic E-state index is 6.58. The number of benzene rings is 1. The number of hydrogen-bond acceptors (Lipinski definition) is 2. The van der Waals surface area contributed by atoms with Gasteiger partial charge < -0.3 is 4.74 Å². The first kappa shape index (κ1) is 13.3. The molecule has 1 aliphatic carbocycles. The normalized spacial score (nSPS) is 23.2. The van der Waals surface area contributed by atoms with Gasteiger partial charge in [-0.2, -0.15) is 0 Å². The Morgan fingerprint density at radius 2 is 1.90 bits per heavy atom. The molecule has 1 saturated carbocycles. The molecule has 0 bridgehead atoms. The van der Waals surface area contributed by atoms with E-state index in [1.165, 1.54) is 30.4 Å². The van der Waals surface area contributed by atoms with Crippen LogP contribution in [0, 0.1) is 0 Å². The smallest absolute Gasteiger partial charge is 0.126 e. The molecular formula is C18H18ClNO. The number of pyridine rings is 1. The van der Waals surface area contributed by atoms with Crippen LogP contribution in [0.3, 0.4) is 0 Å². The molecule has 0 radical (unpaired) electrons. The molecule has 2 aliphatic rings. The molecule has 1 atom stereocenters. The van der Waals surface area contributed by atoms with Gasteiger partial charge >= 0.3 is 0 Å². The molecule has 1 aromatic heterocycles. The number of aromatic nitrogens is 1. The maximum atomic E-state index is 6.58. The lowest BCUT2D eigenvalue weighted by atomic mass is 9.79. The fourth-order valence-corrected chi connectivity index (χ4v) is 3.96. The fraction of sp³-hybridized carbons (Fsp3) is 0.389. The zero-order valence-corrected chi connectivity index (χ0v) is 12.6. The Hall–Kier alpha value is -1.38. The van der Waals surface area contributed by atoms with E-state index in [1.807, 2.05) is 12.1 Å². The highest BCUT2D eigenvalue weighted by molar-refractivity contribution is 6.30. The van der Waals surface area contributed by atoms with Gasteiger partial charge in [-0.15, -0.1) is 0 Å². The average molecular weight is 300 g/mol. The molecule has 108 valence electrons. The molecular weight excluding hydrogens is 282 g/mol. The van der Waals surface area contributed by atoms with Gasteiger partial charge in [0.15, 0.2) is 0 Å². The Kier molecular flexibility index (Phi) is 3.24. The largest absolute Gasteiger partial charge is 0.356 e. The highest BCUT2D eigenvalue weighted by Crippen LogP contribution is 2.52. The van der Waals surface area contributed by atoms with E-state index in [-0.39, 0.29) is 11.7 Å². The Morgan fingerprint density at radius 1 is 1.10 bits per heavy atom. The van der Waals surface area contributed by atoms with Gasteiger partial charge in [0.25, 0.3) is 0 Å². The summed E-state index contributed by atoms with van der Waals surface area (Å²) in [5.41, 5.74) is 3.42. The van der Waals surface area contributed by atoms with Crippen molar-refractivity contribution in [2.45, 2.75) is 43.8 Å². The van der Waals surface area contributed by atoms with Crippen molar-refractivity contribution in [3.8, 4) is 0 Å². The van der Waals surface area contributed by atoms with Crippen LogP contribution in [0.25, 0.3) is 0 Å². The summed E-state index contributed by atoms with van der Waals surface area (Å²) in [4.78, 5) is 4.49. The van der Waals surface area contributed by atoms with Crippen LogP contribution in [0.5, 0.6) is 0 Å². The highest BCUT2D eigenvalue weighted by Gasteiger charge is 2.46. The van der Waals surface area contributed by atoms with E-state index in [9.17, 15) is 0 Å². The SMILES string of the molecule is Clc1ccnc(C2OC3(CCCCC3)c3ccccc32)c1. The molecule has 1 aromatic carbocycles. The zero-order valence-electron chi connectivity index (χ0n) is 11.9. The minimum Gasteiger partial charge on any atom is -0.356 e. The van der Waals surface area contributed by atoms with Crippen LogP contribution in [-0.4, -0.2) is 4.98 Å². The summed E-state index contributed by atoms with van der Waals surface area (Å²) in [5, 5.41) is 0.714. The van der Waals surface area contributed by atoms with Crippen LogP contribution in [0.1, 0.15) is 55.0 Å². The van der Waals surface area contributed by atoms with Crippen LogP contribution in [0.15, 0.2) is 42.6 Å². The molecule has 2 heterocycles. The van der Waals surface area contributed by atoms with Crippen molar-refractivity contribution >= 4 is 11.6 Å². The number of nitrogens with zero attached hydrogens (tertiary/aromatic N) is 1. The van der Waals surface area contributed by atoms with Gasteiger partial charge in [-0.3, -0.25) is 4.98 Å². The van der Waals surface area contributed by atoms with Crippen molar-refractivity contribution in [3.05, 3.63) is 64.4 Å². The van der Waals surface area contributed by atoms with Crippen molar-refractivity contribution < 1.29 is 4.74 Å². The number of ether oxygens (including phenoxy) is 1. The first-order valence-corrected chi connectivity index (χ1v) is 8.05. The minimum atomic E-state index is -0.108. The Morgan fingerprint density at radius 3 is 2.71 bits per heavy atom. The first-order valence-electron chi connectivity index (χ1n) is 7.67. The van der Waals surface area contributed by atoms with Gasteiger partial charge in [0.2, 0.25) is 0 Å². The second-order valence-electron chi connectivity index (χ2n) is 6.04. The number of rotatable bonds is 1. The van der Waals surface area contributed by atoms with E-state index in [1.54, 1.807) is 6.20 Å². The molecule has 1 fully saturated rings. The average Bonchev–Trinajstić information content (AvgIpc) is 2.83. The molecule has 1 aliphatic heterocycles. The van der Waals surface area contributed by atoms with Crippen LogP contribution in [0.2, 0.25) is 5.02 Å². The number of fused-ring (bicyclic) bond motifs is 2. The predicted octanol–water partition coefficient (Wildman–Crippen LogP) is 5.01. The Bertz CT molecular complexity index is 664. The lowest BCUT2D eigenvalue weighted by molar-refractivity contribution is -0.0854. The van der Waals surface area contributed by atoms with Crippen molar-refractivity contribution in [3.63, 3.8) is 0 Å². The third-order valence-corrected chi connectivity index (χ3v) is 4.99. The Balaban J connectivity index is 1.81. The van der Waals surface area contributed by atoms with Crippen LogP contribution >= 0.6 is 11.6 Å². The van der Waals surface area contributed by atoms with Crippen LogP contribution < -0.4 is 0 Å². The van der Waals surface area contributed by atoms with E-state index in [0.717, 1.165) is 18.5 Å². The van der Waals surface area contributed by atoms with Crippen molar-refractivity contribution in [2.24, 2.45) is 0 Å². The quantitative estimate of drug-likeness (QED) is 0.738. The highest BCUT2D eigenvalue weighted by atomic mass is 35.5. The number of hydrogen-bond donors (Lipinski definition) is 0. The summed E-state index contributed by atoms with van der Waals surface area (Å²) in [5.74, 6) is 0. The summed E-state index contributed by atoms with van der Waals surface area (Å²) < 4.78 is 6.58. The molecule has 2 aromatic rings. The van der Waals surface area contributed by atoms with Crippen LogP contribution in [0.4, 0.5) is 0 Å². The summed E-state index contributed by atoms with van der Waals surface area (Å²) in [7, 11) is 0. The zero-order chi connectivity index (χ0) is 14.3. The molecule has 0 saturated heterocycles. The lowest BCUT2D eigenvalue weighted by Crippen LogP contribution is -2.28. The first-order chi connectivity index (χ1) is 10.3. The summed E-state index contributed by atoms with van der Waals surface area (Å²) in [6.07, 6.45) is 7.69. The number of halogens is 1. The van der Waals surface area contributed by atoms with Crippen molar-refractivity contribution in [1.82, 2.24) is 4.98 Å². The van der Waals surface area contributed by atoms with Gasteiger partial charge in [-0.1, -0.05) is 55.1 Å². The van der Waals surface area contributed by atoms with Gasteiger partial charge in [0.05, 0.1) is 11.3 Å². The minimum absolute atomic E-state index is 0.0852. The van der Waals surface area contributed by atoms with E-state index >= 15 is 0 Å². The summed E-state index contributed by atoms with van der Waals surface area (Å²) >= 11 is 6.13. The lowest BCUT2D eigenvalue weighted by Gasteiger charge is -2.34.